The van der Waals surface area contributed by atoms with Crippen LogP contribution in [0.15, 0.2) is 53.9 Å². The fourth-order valence-corrected chi connectivity index (χ4v) is 3.31. The number of thioether (sulfide) groups is 1. The molecule has 0 aliphatic carbocycles. The van der Waals surface area contributed by atoms with E-state index in [4.69, 9.17) is 0 Å². The second kappa shape index (κ2) is 8.81. The number of halogens is 1. The van der Waals surface area contributed by atoms with E-state index in [1.807, 2.05) is 10.6 Å². The summed E-state index contributed by atoms with van der Waals surface area (Å²) >= 11 is 1.34. The zero-order valence-electron chi connectivity index (χ0n) is 15.3. The van der Waals surface area contributed by atoms with E-state index in [0.717, 1.165) is 11.3 Å². The summed E-state index contributed by atoms with van der Waals surface area (Å²) in [4.78, 5) is 12.1. The first-order chi connectivity index (χ1) is 13.0. The van der Waals surface area contributed by atoms with Gasteiger partial charge in [-0.25, -0.2) is 4.39 Å². The van der Waals surface area contributed by atoms with Crippen molar-refractivity contribution in [3.63, 3.8) is 0 Å². The summed E-state index contributed by atoms with van der Waals surface area (Å²) in [5.41, 5.74) is 4.37. The van der Waals surface area contributed by atoms with Gasteiger partial charge in [-0.2, -0.15) is 0 Å². The lowest BCUT2D eigenvalue weighted by Crippen LogP contribution is -2.27. The monoisotopic (exact) mass is 384 g/mol. The number of nitrogens with one attached hydrogen (secondary N) is 1. The van der Waals surface area contributed by atoms with Gasteiger partial charge in [0.1, 0.15) is 12.1 Å². The third kappa shape index (κ3) is 5.17. The van der Waals surface area contributed by atoms with Crippen LogP contribution in [0.3, 0.4) is 0 Å². The van der Waals surface area contributed by atoms with Crippen LogP contribution < -0.4 is 5.32 Å². The molecule has 140 valence electrons. The summed E-state index contributed by atoms with van der Waals surface area (Å²) in [6, 6.07) is 12.4. The number of hydrogen-bond donors (Lipinski definition) is 1. The van der Waals surface area contributed by atoms with Crippen molar-refractivity contribution in [1.29, 1.82) is 0 Å². The molecule has 0 radical (unpaired) electrons. The summed E-state index contributed by atoms with van der Waals surface area (Å²) in [5, 5.41) is 11.6. The van der Waals surface area contributed by atoms with E-state index in [1.165, 1.54) is 35.0 Å². The molecule has 0 unspecified atom stereocenters. The Morgan fingerprint density at radius 2 is 1.93 bits per heavy atom. The van der Waals surface area contributed by atoms with Crippen molar-refractivity contribution in [3.05, 3.63) is 71.3 Å². The Labute approximate surface area is 162 Å². The number of amides is 1. The molecule has 0 aliphatic rings. The summed E-state index contributed by atoms with van der Waals surface area (Å²) in [5.74, 6) is -0.0729. The van der Waals surface area contributed by atoms with Gasteiger partial charge in [0.15, 0.2) is 5.16 Å². The first kappa shape index (κ1) is 19.1. The molecule has 1 amide bonds. The van der Waals surface area contributed by atoms with Gasteiger partial charge in [0, 0.05) is 12.2 Å². The standard InChI is InChI=1S/C20H21FN4OS/c1-14-3-8-18(11-15(14)2)25-13-23-24-20(25)27-12-19(26)22-10-9-16-4-6-17(21)7-5-16/h3-8,11,13H,9-10,12H2,1-2H3,(H,22,26). The fourth-order valence-electron chi connectivity index (χ4n) is 2.55. The van der Waals surface area contributed by atoms with Crippen molar-refractivity contribution in [2.24, 2.45) is 0 Å². The lowest BCUT2D eigenvalue weighted by Gasteiger charge is -2.09. The second-order valence-electron chi connectivity index (χ2n) is 6.27. The van der Waals surface area contributed by atoms with Crippen LogP contribution in [0.4, 0.5) is 4.39 Å². The molecule has 0 aliphatic heterocycles. The molecule has 0 spiro atoms. The molecule has 0 saturated heterocycles. The first-order valence-electron chi connectivity index (χ1n) is 8.64. The molecule has 3 rings (SSSR count). The maximum atomic E-state index is 12.9. The Kier molecular flexibility index (Phi) is 6.24. The molecule has 1 aromatic heterocycles. The molecule has 0 bridgehead atoms. The minimum Gasteiger partial charge on any atom is -0.355 e. The highest BCUT2D eigenvalue weighted by Crippen LogP contribution is 2.21. The van der Waals surface area contributed by atoms with Crippen LogP contribution in [0.2, 0.25) is 0 Å². The number of carbonyl (C=O) groups is 1. The predicted molar refractivity (Wildman–Crippen MR) is 105 cm³/mol. The number of nitrogens with zero attached hydrogens (tertiary/aromatic N) is 3. The van der Waals surface area contributed by atoms with Crippen molar-refractivity contribution >= 4 is 17.7 Å². The molecule has 7 heteroatoms. The Bertz CT molecular complexity index is 924. The van der Waals surface area contributed by atoms with Gasteiger partial charge in [-0.1, -0.05) is 30.0 Å². The third-order valence-corrected chi connectivity index (χ3v) is 5.21. The summed E-state index contributed by atoms with van der Waals surface area (Å²) < 4.78 is 14.8. The normalized spacial score (nSPS) is 10.8. The molecule has 1 heterocycles. The quantitative estimate of drug-likeness (QED) is 0.634. The number of carbonyl (C=O) groups excluding carboxylic acids is 1. The minimum absolute atomic E-state index is 0.0725. The maximum Gasteiger partial charge on any atom is 0.230 e. The van der Waals surface area contributed by atoms with Gasteiger partial charge in [0.25, 0.3) is 0 Å². The molecule has 3 aromatic rings. The van der Waals surface area contributed by atoms with Crippen LogP contribution in [0.25, 0.3) is 5.69 Å². The van der Waals surface area contributed by atoms with Crippen LogP contribution in [0.5, 0.6) is 0 Å². The lowest BCUT2D eigenvalue weighted by atomic mass is 10.1. The van der Waals surface area contributed by atoms with Gasteiger partial charge in [-0.3, -0.25) is 9.36 Å². The van der Waals surface area contributed by atoms with Crippen LogP contribution in [-0.4, -0.2) is 33.0 Å². The van der Waals surface area contributed by atoms with E-state index in [1.54, 1.807) is 18.5 Å². The second-order valence-corrected chi connectivity index (χ2v) is 7.21. The van der Waals surface area contributed by atoms with Crippen molar-refractivity contribution in [1.82, 2.24) is 20.1 Å². The number of rotatable bonds is 7. The number of aromatic nitrogens is 3. The average molecular weight is 384 g/mol. The molecule has 0 saturated carbocycles. The van der Waals surface area contributed by atoms with Crippen molar-refractivity contribution < 1.29 is 9.18 Å². The van der Waals surface area contributed by atoms with Crippen molar-refractivity contribution in [2.75, 3.05) is 12.3 Å². The Morgan fingerprint density at radius 3 is 2.67 bits per heavy atom. The zero-order valence-corrected chi connectivity index (χ0v) is 16.1. The van der Waals surface area contributed by atoms with Gasteiger partial charge in [-0.15, -0.1) is 10.2 Å². The Morgan fingerprint density at radius 1 is 1.15 bits per heavy atom. The van der Waals surface area contributed by atoms with Crippen LogP contribution in [-0.2, 0) is 11.2 Å². The topological polar surface area (TPSA) is 59.8 Å². The van der Waals surface area contributed by atoms with Gasteiger partial charge in [0.05, 0.1) is 5.75 Å². The van der Waals surface area contributed by atoms with Crippen LogP contribution in [0, 0.1) is 19.7 Å². The minimum atomic E-state index is -0.257. The third-order valence-electron chi connectivity index (χ3n) is 4.27. The molecular formula is C20H21FN4OS. The van der Waals surface area contributed by atoms with Gasteiger partial charge in [-0.05, 0) is 61.2 Å². The van der Waals surface area contributed by atoms with Crippen molar-refractivity contribution in [3.8, 4) is 5.69 Å². The molecule has 27 heavy (non-hydrogen) atoms. The Hall–Kier alpha value is -2.67. The number of benzene rings is 2. The number of hydrogen-bond acceptors (Lipinski definition) is 4. The summed E-state index contributed by atoms with van der Waals surface area (Å²) in [6.45, 7) is 4.64. The largest absolute Gasteiger partial charge is 0.355 e. The smallest absolute Gasteiger partial charge is 0.230 e. The predicted octanol–water partition coefficient (Wildman–Crippen LogP) is 3.47. The molecule has 0 atom stereocenters. The molecule has 0 fully saturated rings. The van der Waals surface area contributed by atoms with Crippen molar-refractivity contribution in [2.45, 2.75) is 25.4 Å². The maximum absolute atomic E-state index is 12.9. The van der Waals surface area contributed by atoms with E-state index in [-0.39, 0.29) is 17.5 Å². The SMILES string of the molecule is Cc1ccc(-n2cnnc2SCC(=O)NCCc2ccc(F)cc2)cc1C. The zero-order chi connectivity index (χ0) is 19.2. The summed E-state index contributed by atoms with van der Waals surface area (Å²) in [7, 11) is 0. The van der Waals surface area contributed by atoms with E-state index >= 15 is 0 Å². The number of aryl methyl sites for hydroxylation is 2. The van der Waals surface area contributed by atoms with Crippen LogP contribution >= 0.6 is 11.8 Å². The molecule has 1 N–H and O–H groups in total. The van der Waals surface area contributed by atoms with Crippen LogP contribution in [0.1, 0.15) is 16.7 Å². The molecule has 5 nitrogen and oxygen atoms in total. The van der Waals surface area contributed by atoms with Gasteiger partial charge >= 0.3 is 0 Å². The highest BCUT2D eigenvalue weighted by molar-refractivity contribution is 7.99. The molecule has 2 aromatic carbocycles. The highest BCUT2D eigenvalue weighted by atomic mass is 32.2. The summed E-state index contributed by atoms with van der Waals surface area (Å²) in [6.07, 6.45) is 2.31. The fraction of sp³-hybridized carbons (Fsp3) is 0.250. The highest BCUT2D eigenvalue weighted by Gasteiger charge is 2.10. The van der Waals surface area contributed by atoms with E-state index < -0.39 is 0 Å². The van der Waals surface area contributed by atoms with E-state index in [2.05, 4.69) is 41.5 Å². The van der Waals surface area contributed by atoms with E-state index in [9.17, 15) is 9.18 Å². The lowest BCUT2D eigenvalue weighted by molar-refractivity contribution is -0.118. The average Bonchev–Trinajstić information content (AvgIpc) is 3.12. The first-order valence-corrected chi connectivity index (χ1v) is 9.63. The van der Waals surface area contributed by atoms with E-state index in [0.29, 0.717) is 18.1 Å². The molecular weight excluding hydrogens is 363 g/mol. The van der Waals surface area contributed by atoms with Gasteiger partial charge < -0.3 is 5.32 Å². The Balaban J connectivity index is 1.51. The van der Waals surface area contributed by atoms with Gasteiger partial charge in [0.2, 0.25) is 5.91 Å².